The van der Waals surface area contributed by atoms with E-state index in [1.54, 1.807) is 0 Å². The third-order valence-corrected chi connectivity index (χ3v) is 30.5. The normalized spacial score (nSPS) is 13.2. The summed E-state index contributed by atoms with van der Waals surface area (Å²) < 4.78 is 8.33. The second-order valence-corrected chi connectivity index (χ2v) is 32.4. The SMILES string of the molecule is Brc1ccc(P(CCP(c2ccc(Br)cc2)(c2ccc(Br)cc2)(c2ccc(Br)cc2)c2ccc(Br)cc2)(c2ccc(Br)cc2)(c2ccc(Br)cc2)c2ccc(Br)cc2)cc1. The third-order valence-electron chi connectivity index (χ3n) is 12.2. The molecule has 0 aromatic heterocycles. The molecule has 0 aliphatic carbocycles. The zero-order valence-electron chi connectivity index (χ0n) is 31.8. The molecule has 10 heteroatoms. The van der Waals surface area contributed by atoms with Crippen molar-refractivity contribution in [3.05, 3.63) is 230 Å². The Labute approximate surface area is 420 Å². The summed E-state index contributed by atoms with van der Waals surface area (Å²) in [6.45, 7) is -7.64. The Morgan fingerprint density at radius 2 is 0.283 bits per heavy atom. The van der Waals surface area contributed by atoms with Crippen LogP contribution in [0, 0.1) is 0 Å². The molecule has 0 saturated carbocycles. The first kappa shape index (κ1) is 45.0. The fourth-order valence-electron chi connectivity index (χ4n) is 9.38. The molecular formula is C50H36Br8P2. The molecule has 8 aromatic carbocycles. The van der Waals surface area contributed by atoms with Gasteiger partial charge in [0.15, 0.2) is 0 Å². The van der Waals surface area contributed by atoms with Crippen LogP contribution in [0.4, 0.5) is 0 Å². The van der Waals surface area contributed by atoms with Gasteiger partial charge in [0.2, 0.25) is 0 Å². The van der Waals surface area contributed by atoms with Crippen LogP contribution in [0.5, 0.6) is 0 Å². The number of hydrogen-bond donors (Lipinski definition) is 0. The average molecular weight is 1340 g/mol. The second kappa shape index (κ2) is 18.1. The van der Waals surface area contributed by atoms with Crippen molar-refractivity contribution >= 4 is 183 Å². The molecule has 0 heterocycles. The van der Waals surface area contributed by atoms with E-state index in [9.17, 15) is 0 Å². The van der Waals surface area contributed by atoms with E-state index in [0.717, 1.165) is 48.1 Å². The predicted octanol–water partition coefficient (Wildman–Crippen LogP) is 14.8. The summed E-state index contributed by atoms with van der Waals surface area (Å²) in [4.78, 5) is 0. The zero-order chi connectivity index (χ0) is 42.2. The summed E-state index contributed by atoms with van der Waals surface area (Å²) in [5, 5.41) is 10.4. The average Bonchev–Trinajstić information content (AvgIpc) is 3.26. The van der Waals surface area contributed by atoms with Gasteiger partial charge in [-0.15, -0.1) is 0 Å². The first-order chi connectivity index (χ1) is 28.9. The van der Waals surface area contributed by atoms with Crippen molar-refractivity contribution in [3.8, 4) is 0 Å². The van der Waals surface area contributed by atoms with Crippen molar-refractivity contribution < 1.29 is 0 Å². The van der Waals surface area contributed by atoms with E-state index in [4.69, 9.17) is 0 Å². The van der Waals surface area contributed by atoms with Crippen molar-refractivity contribution in [1.82, 2.24) is 0 Å². The van der Waals surface area contributed by atoms with Crippen molar-refractivity contribution in [2.24, 2.45) is 0 Å². The Hall–Kier alpha value is -1.54. The predicted molar refractivity (Wildman–Crippen MR) is 294 cm³/mol. The van der Waals surface area contributed by atoms with Gasteiger partial charge < -0.3 is 0 Å². The van der Waals surface area contributed by atoms with Crippen molar-refractivity contribution in [1.29, 1.82) is 0 Å². The van der Waals surface area contributed by atoms with Crippen LogP contribution in [0.1, 0.15) is 0 Å². The maximum absolute atomic E-state index is 3.84. The van der Waals surface area contributed by atoms with Crippen LogP contribution < -0.4 is 42.4 Å². The van der Waals surface area contributed by atoms with Gasteiger partial charge >= 0.3 is 425 Å². The topological polar surface area (TPSA) is 0 Å². The zero-order valence-corrected chi connectivity index (χ0v) is 46.3. The van der Waals surface area contributed by atoms with Crippen molar-refractivity contribution in [2.45, 2.75) is 0 Å². The van der Waals surface area contributed by atoms with Crippen LogP contribution in [0.25, 0.3) is 0 Å². The fraction of sp³-hybridized carbons (Fsp3) is 0.0400. The molecule has 8 aromatic rings. The number of hydrogen-bond acceptors (Lipinski definition) is 0. The molecule has 0 saturated heterocycles. The molecule has 0 aliphatic rings. The quantitative estimate of drug-likeness (QED) is 0.113. The van der Waals surface area contributed by atoms with Gasteiger partial charge in [-0.05, 0) is 0 Å². The first-order valence-electron chi connectivity index (χ1n) is 19.0. The van der Waals surface area contributed by atoms with Crippen LogP contribution >= 0.6 is 141 Å². The molecule has 0 amide bonds. The molecule has 0 nitrogen and oxygen atoms in total. The van der Waals surface area contributed by atoms with Gasteiger partial charge in [-0.3, -0.25) is 0 Å². The first-order valence-corrected chi connectivity index (χ1v) is 30.2. The van der Waals surface area contributed by atoms with Crippen LogP contribution in [-0.4, -0.2) is 12.3 Å². The van der Waals surface area contributed by atoms with Crippen molar-refractivity contribution in [2.75, 3.05) is 12.3 Å². The molecule has 0 fully saturated rings. The van der Waals surface area contributed by atoms with Gasteiger partial charge in [-0.2, -0.15) is 0 Å². The van der Waals surface area contributed by atoms with E-state index in [1.165, 1.54) is 42.4 Å². The molecule has 8 rings (SSSR count). The molecule has 0 aliphatic heterocycles. The summed E-state index contributed by atoms with van der Waals surface area (Å²) in [5.41, 5.74) is 0. The van der Waals surface area contributed by atoms with E-state index in [0.29, 0.717) is 0 Å². The molecule has 0 radical (unpaired) electrons. The number of halogens is 8. The summed E-state index contributed by atoms with van der Waals surface area (Å²) in [6, 6.07) is 73.6. The van der Waals surface area contributed by atoms with Gasteiger partial charge in [0.25, 0.3) is 0 Å². The minimum absolute atomic E-state index is 0.800. The molecule has 0 unspecified atom stereocenters. The number of rotatable bonds is 11. The van der Waals surface area contributed by atoms with E-state index >= 15 is 0 Å². The molecule has 0 bridgehead atoms. The Morgan fingerprint density at radius 3 is 0.383 bits per heavy atom. The summed E-state index contributed by atoms with van der Waals surface area (Å²) >= 11 is 30.7. The van der Waals surface area contributed by atoms with Gasteiger partial charge in [-0.25, -0.2) is 0 Å². The standard InChI is InChI=1S/C50H36Br8P2/c51-35-1-17-43(18-2-35)59(44-19-3-36(52)4-20-44,45-21-5-37(53)6-22-45,46-23-7-38(54)8-24-46)33-34-60(47-25-9-39(55)10-26-47,48-27-11-40(56)12-28-48,49-29-13-41(57)14-30-49)50-31-15-42(58)16-32-50/h1-32H,33-34H2. The van der Waals surface area contributed by atoms with Crippen molar-refractivity contribution in [3.63, 3.8) is 0 Å². The molecular weight excluding hydrogens is 1300 g/mol. The molecule has 60 heavy (non-hydrogen) atoms. The van der Waals surface area contributed by atoms with E-state index in [1.807, 2.05) is 0 Å². The van der Waals surface area contributed by atoms with Crippen LogP contribution in [0.2, 0.25) is 0 Å². The third kappa shape index (κ3) is 7.57. The van der Waals surface area contributed by atoms with Gasteiger partial charge in [0.05, 0.1) is 0 Å². The van der Waals surface area contributed by atoms with E-state index in [2.05, 4.69) is 322 Å². The Balaban J connectivity index is 1.64. The van der Waals surface area contributed by atoms with Gasteiger partial charge in [0.1, 0.15) is 0 Å². The Morgan fingerprint density at radius 1 is 0.183 bits per heavy atom. The Bertz CT molecular complexity index is 2170. The second-order valence-electron chi connectivity index (χ2n) is 14.9. The molecule has 0 spiro atoms. The summed E-state index contributed by atoms with van der Waals surface area (Å²) in [7, 11) is 0. The van der Waals surface area contributed by atoms with Gasteiger partial charge in [-0.1, -0.05) is 0 Å². The number of benzene rings is 8. The monoisotopic (exact) mass is 1330 g/mol. The maximum atomic E-state index is 3.84. The fourth-order valence-corrected chi connectivity index (χ4v) is 26.8. The summed E-state index contributed by atoms with van der Waals surface area (Å²) in [5.74, 6) is 0. The molecule has 0 N–H and O–H groups in total. The van der Waals surface area contributed by atoms with E-state index < -0.39 is 13.2 Å². The molecule has 0 atom stereocenters. The van der Waals surface area contributed by atoms with Gasteiger partial charge in [0, 0.05) is 0 Å². The molecule has 302 valence electrons. The van der Waals surface area contributed by atoms with Crippen LogP contribution in [-0.2, 0) is 0 Å². The Kier molecular flexibility index (Phi) is 13.6. The van der Waals surface area contributed by atoms with Crippen LogP contribution in [0.3, 0.4) is 0 Å². The van der Waals surface area contributed by atoms with E-state index in [-0.39, 0.29) is 0 Å². The van der Waals surface area contributed by atoms with Crippen LogP contribution in [0.15, 0.2) is 230 Å². The summed E-state index contributed by atoms with van der Waals surface area (Å²) in [6.07, 6.45) is 1.60. The minimum atomic E-state index is -3.82.